The highest BCUT2D eigenvalue weighted by Gasteiger charge is 2.17. The van der Waals surface area contributed by atoms with Crippen LogP contribution in [-0.2, 0) is 4.74 Å². The van der Waals surface area contributed by atoms with Crippen molar-refractivity contribution in [1.29, 1.82) is 0 Å². The summed E-state index contributed by atoms with van der Waals surface area (Å²) in [6.45, 7) is 2.19. The lowest BCUT2D eigenvalue weighted by Gasteiger charge is -2.09. The van der Waals surface area contributed by atoms with Crippen molar-refractivity contribution in [1.82, 2.24) is 10.3 Å². The molecule has 5 heteroatoms. The minimum Gasteiger partial charge on any atom is -0.381 e. The molecule has 1 aliphatic rings. The van der Waals surface area contributed by atoms with Gasteiger partial charge in [0.05, 0.1) is 6.61 Å². The summed E-state index contributed by atoms with van der Waals surface area (Å²) in [6, 6.07) is 3.59. The largest absolute Gasteiger partial charge is 0.381 e. The first-order chi connectivity index (χ1) is 7.77. The van der Waals surface area contributed by atoms with Crippen molar-refractivity contribution in [3.05, 3.63) is 28.5 Å². The highest BCUT2D eigenvalue weighted by Crippen LogP contribution is 2.14. The third-order valence-corrected chi connectivity index (χ3v) is 3.19. The van der Waals surface area contributed by atoms with E-state index < -0.39 is 0 Å². The Morgan fingerprint density at radius 2 is 2.56 bits per heavy atom. The summed E-state index contributed by atoms with van der Waals surface area (Å²) < 4.78 is 5.96. The molecule has 4 nitrogen and oxygen atoms in total. The number of amides is 1. The lowest BCUT2D eigenvalue weighted by molar-refractivity contribution is 0.0939. The second-order valence-corrected chi connectivity index (χ2v) is 4.63. The Morgan fingerprint density at radius 1 is 1.69 bits per heavy atom. The van der Waals surface area contributed by atoms with E-state index in [2.05, 4.69) is 26.2 Å². The first kappa shape index (κ1) is 11.5. The van der Waals surface area contributed by atoms with Crippen molar-refractivity contribution in [2.75, 3.05) is 19.8 Å². The van der Waals surface area contributed by atoms with Crippen molar-refractivity contribution in [2.45, 2.75) is 6.42 Å². The number of ether oxygens (including phenoxy) is 1. The van der Waals surface area contributed by atoms with Gasteiger partial charge in [-0.2, -0.15) is 0 Å². The SMILES string of the molecule is O=C(NCC1CCOC1)c1ncccc1Br. The Kier molecular flexibility index (Phi) is 3.90. The summed E-state index contributed by atoms with van der Waals surface area (Å²) in [6.07, 6.45) is 2.63. The van der Waals surface area contributed by atoms with Crippen molar-refractivity contribution < 1.29 is 9.53 Å². The van der Waals surface area contributed by atoms with E-state index in [0.29, 0.717) is 18.2 Å². The summed E-state index contributed by atoms with van der Waals surface area (Å²) in [5.41, 5.74) is 0.432. The van der Waals surface area contributed by atoms with Crippen molar-refractivity contribution in [2.24, 2.45) is 5.92 Å². The van der Waals surface area contributed by atoms with Gasteiger partial charge in [-0.25, -0.2) is 4.98 Å². The second kappa shape index (κ2) is 5.41. The molecule has 1 aromatic heterocycles. The molecule has 2 rings (SSSR count). The topological polar surface area (TPSA) is 51.2 Å². The van der Waals surface area contributed by atoms with E-state index in [1.807, 2.05) is 0 Å². The maximum atomic E-state index is 11.8. The molecule has 86 valence electrons. The quantitative estimate of drug-likeness (QED) is 0.918. The Bertz CT molecular complexity index is 378. The average Bonchev–Trinajstić information content (AvgIpc) is 2.79. The number of nitrogens with zero attached hydrogens (tertiary/aromatic N) is 1. The summed E-state index contributed by atoms with van der Waals surface area (Å²) in [5, 5.41) is 2.87. The van der Waals surface area contributed by atoms with Crippen molar-refractivity contribution in [3.8, 4) is 0 Å². The molecule has 0 saturated carbocycles. The zero-order chi connectivity index (χ0) is 11.4. The van der Waals surface area contributed by atoms with Gasteiger partial charge in [0.15, 0.2) is 0 Å². The van der Waals surface area contributed by atoms with Crippen LogP contribution in [0, 0.1) is 5.92 Å². The molecule has 1 fully saturated rings. The number of halogens is 1. The van der Waals surface area contributed by atoms with Gasteiger partial charge < -0.3 is 10.1 Å². The maximum absolute atomic E-state index is 11.8. The van der Waals surface area contributed by atoms with Gasteiger partial charge in [0.2, 0.25) is 0 Å². The molecule has 1 atom stereocenters. The minimum absolute atomic E-state index is 0.139. The van der Waals surface area contributed by atoms with Gasteiger partial charge in [-0.05, 0) is 34.5 Å². The Hall–Kier alpha value is -0.940. The van der Waals surface area contributed by atoms with Gasteiger partial charge in [0, 0.05) is 29.7 Å². The highest BCUT2D eigenvalue weighted by atomic mass is 79.9. The van der Waals surface area contributed by atoms with Crippen LogP contribution in [0.5, 0.6) is 0 Å². The van der Waals surface area contributed by atoms with Crippen LogP contribution in [0.2, 0.25) is 0 Å². The molecule has 0 bridgehead atoms. The van der Waals surface area contributed by atoms with Gasteiger partial charge in [0.1, 0.15) is 5.69 Å². The standard InChI is InChI=1S/C11H13BrN2O2/c12-9-2-1-4-13-10(9)11(15)14-6-8-3-5-16-7-8/h1-2,4,8H,3,5-7H2,(H,14,15). The molecule has 0 spiro atoms. The smallest absolute Gasteiger partial charge is 0.271 e. The van der Waals surface area contributed by atoms with E-state index in [1.54, 1.807) is 18.3 Å². The molecule has 1 aliphatic heterocycles. The molecule has 1 unspecified atom stereocenters. The van der Waals surface area contributed by atoms with Gasteiger partial charge in [-0.1, -0.05) is 0 Å². The van der Waals surface area contributed by atoms with Crippen LogP contribution in [0.3, 0.4) is 0 Å². The Morgan fingerprint density at radius 3 is 3.25 bits per heavy atom. The highest BCUT2D eigenvalue weighted by molar-refractivity contribution is 9.10. The fourth-order valence-electron chi connectivity index (χ4n) is 1.62. The molecular weight excluding hydrogens is 272 g/mol. The van der Waals surface area contributed by atoms with Gasteiger partial charge in [0.25, 0.3) is 5.91 Å². The third kappa shape index (κ3) is 2.80. The molecule has 1 saturated heterocycles. The zero-order valence-electron chi connectivity index (χ0n) is 8.78. The average molecular weight is 285 g/mol. The molecular formula is C11H13BrN2O2. The second-order valence-electron chi connectivity index (χ2n) is 3.77. The first-order valence-electron chi connectivity index (χ1n) is 5.24. The van der Waals surface area contributed by atoms with Crippen LogP contribution in [0.4, 0.5) is 0 Å². The van der Waals surface area contributed by atoms with Gasteiger partial charge in [-0.3, -0.25) is 4.79 Å². The fraction of sp³-hybridized carbons (Fsp3) is 0.455. The van der Waals surface area contributed by atoms with Crippen LogP contribution in [0.15, 0.2) is 22.8 Å². The molecule has 2 heterocycles. The number of rotatable bonds is 3. The Balaban J connectivity index is 1.90. The first-order valence-corrected chi connectivity index (χ1v) is 6.03. The molecule has 16 heavy (non-hydrogen) atoms. The number of carbonyl (C=O) groups is 1. The van der Waals surface area contributed by atoms with Crippen LogP contribution >= 0.6 is 15.9 Å². The number of carbonyl (C=O) groups excluding carboxylic acids is 1. The van der Waals surface area contributed by atoms with Crippen LogP contribution in [0.25, 0.3) is 0 Å². The summed E-state index contributed by atoms with van der Waals surface area (Å²) in [7, 11) is 0. The number of hydrogen-bond donors (Lipinski definition) is 1. The van der Waals surface area contributed by atoms with E-state index >= 15 is 0 Å². The Labute approximate surface area is 103 Å². The van der Waals surface area contributed by atoms with Gasteiger partial charge >= 0.3 is 0 Å². The minimum atomic E-state index is -0.139. The molecule has 1 N–H and O–H groups in total. The molecule has 1 aromatic rings. The normalized spacial score (nSPS) is 19.7. The zero-order valence-corrected chi connectivity index (χ0v) is 10.4. The van der Waals surface area contributed by atoms with Crippen LogP contribution < -0.4 is 5.32 Å². The molecule has 0 aromatic carbocycles. The van der Waals surface area contributed by atoms with Crippen LogP contribution in [0.1, 0.15) is 16.9 Å². The van der Waals surface area contributed by atoms with Crippen LogP contribution in [-0.4, -0.2) is 30.6 Å². The summed E-state index contributed by atoms with van der Waals surface area (Å²) >= 11 is 3.30. The number of nitrogens with one attached hydrogen (secondary N) is 1. The van der Waals surface area contributed by atoms with E-state index in [0.717, 1.165) is 24.1 Å². The lowest BCUT2D eigenvalue weighted by atomic mass is 10.1. The molecule has 0 aliphatic carbocycles. The monoisotopic (exact) mass is 284 g/mol. The van der Waals surface area contributed by atoms with Gasteiger partial charge in [-0.15, -0.1) is 0 Å². The summed E-state index contributed by atoms with van der Waals surface area (Å²) in [4.78, 5) is 15.8. The van der Waals surface area contributed by atoms with Crippen molar-refractivity contribution in [3.63, 3.8) is 0 Å². The van der Waals surface area contributed by atoms with E-state index in [4.69, 9.17) is 4.74 Å². The lowest BCUT2D eigenvalue weighted by Crippen LogP contribution is -2.30. The third-order valence-electron chi connectivity index (χ3n) is 2.55. The van der Waals surface area contributed by atoms with E-state index in [1.165, 1.54) is 0 Å². The predicted octanol–water partition coefficient (Wildman–Crippen LogP) is 1.61. The predicted molar refractivity (Wildman–Crippen MR) is 63.2 cm³/mol. The van der Waals surface area contributed by atoms with Crippen molar-refractivity contribution >= 4 is 21.8 Å². The number of aromatic nitrogens is 1. The fourth-order valence-corrected chi connectivity index (χ4v) is 2.05. The summed E-state index contributed by atoms with van der Waals surface area (Å²) in [5.74, 6) is 0.297. The molecule has 0 radical (unpaired) electrons. The maximum Gasteiger partial charge on any atom is 0.271 e. The number of hydrogen-bond acceptors (Lipinski definition) is 3. The number of pyridine rings is 1. The molecule has 1 amide bonds. The van der Waals surface area contributed by atoms with E-state index in [-0.39, 0.29) is 5.91 Å². The van der Waals surface area contributed by atoms with E-state index in [9.17, 15) is 4.79 Å².